The van der Waals surface area contributed by atoms with Crippen molar-refractivity contribution in [1.29, 1.82) is 0 Å². The van der Waals surface area contributed by atoms with E-state index in [-0.39, 0.29) is 6.61 Å². The standard InChI is InChI=1S/C24H23ClN2O4/c1-17-15-19(25)11-12-21(17)31-16-23(28)26-27-24(29)20-9-5-6-10-22(20)30-14-13-18-7-3-2-4-8-18/h2-12,15H,13-14,16H2,1H3,(H,26,28)(H,27,29). The van der Waals surface area contributed by atoms with Crippen LogP contribution in [0.1, 0.15) is 21.5 Å². The number of halogens is 1. The molecule has 3 aromatic rings. The predicted molar refractivity (Wildman–Crippen MR) is 119 cm³/mol. The van der Waals surface area contributed by atoms with Crippen molar-refractivity contribution < 1.29 is 19.1 Å². The highest BCUT2D eigenvalue weighted by Crippen LogP contribution is 2.21. The van der Waals surface area contributed by atoms with Gasteiger partial charge in [0.05, 0.1) is 12.2 Å². The predicted octanol–water partition coefficient (Wildman–Crippen LogP) is 4.11. The van der Waals surface area contributed by atoms with Gasteiger partial charge in [-0.15, -0.1) is 0 Å². The topological polar surface area (TPSA) is 76.7 Å². The van der Waals surface area contributed by atoms with Crippen molar-refractivity contribution in [1.82, 2.24) is 10.9 Å². The van der Waals surface area contributed by atoms with Crippen LogP contribution in [0.5, 0.6) is 11.5 Å². The van der Waals surface area contributed by atoms with Crippen LogP contribution in [0.4, 0.5) is 0 Å². The van der Waals surface area contributed by atoms with Crippen LogP contribution in [0.15, 0.2) is 72.8 Å². The fourth-order valence-corrected chi connectivity index (χ4v) is 3.08. The highest BCUT2D eigenvalue weighted by molar-refractivity contribution is 6.30. The van der Waals surface area contributed by atoms with Crippen LogP contribution in [0.3, 0.4) is 0 Å². The van der Waals surface area contributed by atoms with E-state index in [9.17, 15) is 9.59 Å². The minimum Gasteiger partial charge on any atom is -0.492 e. The molecular weight excluding hydrogens is 416 g/mol. The maximum atomic E-state index is 12.5. The van der Waals surface area contributed by atoms with Crippen molar-refractivity contribution in [3.05, 3.63) is 94.5 Å². The molecule has 7 heteroatoms. The lowest BCUT2D eigenvalue weighted by atomic mass is 10.1. The fraction of sp³-hybridized carbons (Fsp3) is 0.167. The van der Waals surface area contributed by atoms with E-state index in [4.69, 9.17) is 21.1 Å². The van der Waals surface area contributed by atoms with Crippen LogP contribution < -0.4 is 20.3 Å². The van der Waals surface area contributed by atoms with Gasteiger partial charge in [-0.25, -0.2) is 0 Å². The Morgan fingerprint density at radius 1 is 0.871 bits per heavy atom. The Morgan fingerprint density at radius 3 is 2.39 bits per heavy atom. The first kappa shape index (κ1) is 22.2. The molecule has 0 aliphatic rings. The highest BCUT2D eigenvalue weighted by atomic mass is 35.5. The van der Waals surface area contributed by atoms with Gasteiger partial charge in [0.2, 0.25) is 0 Å². The highest BCUT2D eigenvalue weighted by Gasteiger charge is 2.13. The molecular formula is C24H23ClN2O4. The fourth-order valence-electron chi connectivity index (χ4n) is 2.85. The first-order chi connectivity index (χ1) is 15.0. The monoisotopic (exact) mass is 438 g/mol. The summed E-state index contributed by atoms with van der Waals surface area (Å²) in [6.45, 7) is 2.00. The first-order valence-electron chi connectivity index (χ1n) is 9.77. The van der Waals surface area contributed by atoms with E-state index in [0.29, 0.717) is 28.7 Å². The van der Waals surface area contributed by atoms with Crippen LogP contribution >= 0.6 is 11.6 Å². The summed E-state index contributed by atoms with van der Waals surface area (Å²) in [5.41, 5.74) is 7.02. The van der Waals surface area contributed by atoms with Crippen LogP contribution in [0.25, 0.3) is 0 Å². The zero-order chi connectivity index (χ0) is 22.1. The molecule has 0 bridgehead atoms. The summed E-state index contributed by atoms with van der Waals surface area (Å²) < 4.78 is 11.3. The third-order valence-electron chi connectivity index (χ3n) is 4.43. The molecule has 0 heterocycles. The van der Waals surface area contributed by atoms with Crippen LogP contribution in [-0.2, 0) is 11.2 Å². The van der Waals surface area contributed by atoms with Gasteiger partial charge >= 0.3 is 0 Å². The number of carbonyl (C=O) groups excluding carboxylic acids is 2. The van der Waals surface area contributed by atoms with Crippen molar-refractivity contribution in [2.45, 2.75) is 13.3 Å². The second-order valence-corrected chi connectivity index (χ2v) is 7.22. The van der Waals surface area contributed by atoms with Crippen molar-refractivity contribution >= 4 is 23.4 Å². The second-order valence-electron chi connectivity index (χ2n) is 6.78. The summed E-state index contributed by atoms with van der Waals surface area (Å²) in [4.78, 5) is 24.5. The maximum absolute atomic E-state index is 12.5. The summed E-state index contributed by atoms with van der Waals surface area (Å²) in [5, 5.41) is 0.589. The van der Waals surface area contributed by atoms with Gasteiger partial charge in [0, 0.05) is 11.4 Å². The number of hydrogen-bond donors (Lipinski definition) is 2. The number of benzene rings is 3. The average molecular weight is 439 g/mol. The number of aryl methyl sites for hydroxylation is 1. The van der Waals surface area contributed by atoms with E-state index in [2.05, 4.69) is 10.9 Å². The number of hydrazine groups is 1. The number of nitrogens with one attached hydrogen (secondary N) is 2. The van der Waals surface area contributed by atoms with E-state index >= 15 is 0 Å². The molecule has 2 N–H and O–H groups in total. The molecule has 0 radical (unpaired) electrons. The Bertz CT molecular complexity index is 1040. The zero-order valence-corrected chi connectivity index (χ0v) is 17.8. The molecule has 0 aliphatic heterocycles. The summed E-state index contributed by atoms with van der Waals surface area (Å²) in [5.74, 6) is 0.0118. The molecule has 160 valence electrons. The zero-order valence-electron chi connectivity index (χ0n) is 17.1. The molecule has 0 spiro atoms. The number of hydrogen-bond acceptors (Lipinski definition) is 4. The van der Waals surface area contributed by atoms with Crippen molar-refractivity contribution in [2.75, 3.05) is 13.2 Å². The normalized spacial score (nSPS) is 10.3. The van der Waals surface area contributed by atoms with E-state index < -0.39 is 11.8 Å². The molecule has 0 atom stereocenters. The summed E-state index contributed by atoms with van der Waals surface area (Å²) in [6.07, 6.45) is 0.717. The van der Waals surface area contributed by atoms with Crippen LogP contribution in [0, 0.1) is 6.92 Å². The second kappa shape index (κ2) is 11.0. The largest absolute Gasteiger partial charge is 0.492 e. The number of rotatable bonds is 8. The van der Waals surface area contributed by atoms with Crippen molar-refractivity contribution in [2.24, 2.45) is 0 Å². The van der Waals surface area contributed by atoms with E-state index in [1.54, 1.807) is 42.5 Å². The summed E-state index contributed by atoms with van der Waals surface area (Å²) >= 11 is 5.91. The Kier molecular flexibility index (Phi) is 7.90. The minimum absolute atomic E-state index is 0.252. The lowest BCUT2D eigenvalue weighted by Gasteiger charge is -2.13. The SMILES string of the molecule is Cc1cc(Cl)ccc1OCC(=O)NNC(=O)c1ccccc1OCCc1ccccc1. The lowest BCUT2D eigenvalue weighted by molar-refractivity contribution is -0.123. The molecule has 0 aliphatic carbocycles. The number of para-hydroxylation sites is 1. The quantitative estimate of drug-likeness (QED) is 0.519. The van der Waals surface area contributed by atoms with Crippen molar-refractivity contribution in [3.63, 3.8) is 0 Å². The summed E-state index contributed by atoms with van der Waals surface area (Å²) in [7, 11) is 0. The van der Waals surface area contributed by atoms with Crippen molar-refractivity contribution in [3.8, 4) is 11.5 Å². The molecule has 2 amide bonds. The molecule has 0 aromatic heterocycles. The molecule has 0 saturated heterocycles. The molecule has 0 unspecified atom stereocenters. The lowest BCUT2D eigenvalue weighted by Crippen LogP contribution is -2.44. The number of amides is 2. The first-order valence-corrected chi connectivity index (χ1v) is 10.1. The van der Waals surface area contributed by atoms with Crippen LogP contribution in [-0.4, -0.2) is 25.0 Å². The van der Waals surface area contributed by atoms with Gasteiger partial charge in [0.1, 0.15) is 11.5 Å². The van der Waals surface area contributed by atoms with Gasteiger partial charge in [-0.1, -0.05) is 54.1 Å². The van der Waals surface area contributed by atoms with E-state index in [0.717, 1.165) is 17.5 Å². The van der Waals surface area contributed by atoms with Crippen LogP contribution in [0.2, 0.25) is 5.02 Å². The van der Waals surface area contributed by atoms with Gasteiger partial charge in [0.25, 0.3) is 11.8 Å². The van der Waals surface area contributed by atoms with Gasteiger partial charge < -0.3 is 9.47 Å². The van der Waals surface area contributed by atoms with Gasteiger partial charge in [-0.05, 0) is 48.4 Å². The van der Waals surface area contributed by atoms with Gasteiger partial charge in [-0.3, -0.25) is 20.4 Å². The number of carbonyl (C=O) groups is 2. The molecule has 31 heavy (non-hydrogen) atoms. The molecule has 0 saturated carbocycles. The third-order valence-corrected chi connectivity index (χ3v) is 4.67. The molecule has 6 nitrogen and oxygen atoms in total. The minimum atomic E-state index is -0.495. The Hall–Kier alpha value is -3.51. The Balaban J connectivity index is 1.49. The number of ether oxygens (including phenoxy) is 2. The van der Waals surface area contributed by atoms with E-state index in [1.165, 1.54) is 0 Å². The molecule has 3 rings (SSSR count). The Labute approximate surface area is 186 Å². The molecule has 0 fully saturated rings. The average Bonchev–Trinajstić information content (AvgIpc) is 2.78. The smallest absolute Gasteiger partial charge is 0.276 e. The Morgan fingerprint density at radius 2 is 1.61 bits per heavy atom. The summed E-state index contributed by atoms with van der Waals surface area (Å²) in [6, 6.07) is 21.9. The third kappa shape index (κ3) is 6.76. The van der Waals surface area contributed by atoms with E-state index in [1.807, 2.05) is 37.3 Å². The molecule has 3 aromatic carbocycles. The maximum Gasteiger partial charge on any atom is 0.276 e. The van der Waals surface area contributed by atoms with Gasteiger partial charge in [-0.2, -0.15) is 0 Å². The van der Waals surface area contributed by atoms with Gasteiger partial charge in [0.15, 0.2) is 6.61 Å².